The van der Waals surface area contributed by atoms with E-state index >= 15 is 0 Å². The number of imidazole rings is 1. The molecule has 0 aliphatic carbocycles. The minimum atomic E-state index is -0.399. The Balaban J connectivity index is 1.61. The monoisotopic (exact) mass is 361 g/mol. The summed E-state index contributed by atoms with van der Waals surface area (Å²) in [5, 5.41) is 3.87. The summed E-state index contributed by atoms with van der Waals surface area (Å²) in [7, 11) is 0. The zero-order valence-electron chi connectivity index (χ0n) is 15.4. The first-order chi connectivity index (χ1) is 13.0. The van der Waals surface area contributed by atoms with E-state index < -0.39 is 5.97 Å². The molecule has 0 amide bonds. The van der Waals surface area contributed by atoms with Crippen LogP contribution < -0.4 is 0 Å². The number of nitrogens with zero attached hydrogens (tertiary/aromatic N) is 3. The van der Waals surface area contributed by atoms with Crippen molar-refractivity contribution >= 4 is 17.0 Å². The van der Waals surface area contributed by atoms with Crippen molar-refractivity contribution in [3.8, 4) is 5.69 Å². The fraction of sp³-hybridized carbons (Fsp3) is 0.190. The average molecular weight is 361 g/mol. The van der Waals surface area contributed by atoms with Crippen LogP contribution >= 0.6 is 0 Å². The molecule has 0 radical (unpaired) electrons. The zero-order valence-corrected chi connectivity index (χ0v) is 15.4. The summed E-state index contributed by atoms with van der Waals surface area (Å²) in [6, 6.07) is 15.4. The second kappa shape index (κ2) is 6.72. The van der Waals surface area contributed by atoms with Gasteiger partial charge in [-0.05, 0) is 51.1 Å². The minimum absolute atomic E-state index is 0.134. The molecule has 0 atom stereocenters. The number of para-hydroxylation sites is 1. The molecule has 6 nitrogen and oxygen atoms in total. The normalized spacial score (nSPS) is 11.1. The highest BCUT2D eigenvalue weighted by Crippen LogP contribution is 2.23. The number of benzene rings is 2. The Morgan fingerprint density at radius 1 is 1.11 bits per heavy atom. The third kappa shape index (κ3) is 3.10. The summed E-state index contributed by atoms with van der Waals surface area (Å²) in [6.07, 6.45) is 0. The third-order valence-electron chi connectivity index (χ3n) is 4.60. The summed E-state index contributed by atoms with van der Waals surface area (Å²) in [5.74, 6) is 1.12. The van der Waals surface area contributed by atoms with Crippen LogP contribution in [-0.4, -0.2) is 20.7 Å². The first kappa shape index (κ1) is 17.0. The summed E-state index contributed by atoms with van der Waals surface area (Å²) < 4.78 is 12.6. The van der Waals surface area contributed by atoms with Gasteiger partial charge in [0.1, 0.15) is 18.2 Å². The van der Waals surface area contributed by atoms with Crippen LogP contribution in [0.2, 0.25) is 0 Å². The number of aromatic nitrogens is 3. The molecule has 27 heavy (non-hydrogen) atoms. The fourth-order valence-electron chi connectivity index (χ4n) is 3.16. The number of carbonyl (C=O) groups is 1. The molecule has 0 aliphatic heterocycles. The van der Waals surface area contributed by atoms with E-state index in [-0.39, 0.29) is 6.61 Å². The maximum absolute atomic E-state index is 12.5. The summed E-state index contributed by atoms with van der Waals surface area (Å²) >= 11 is 0. The van der Waals surface area contributed by atoms with Crippen LogP contribution in [0.4, 0.5) is 0 Å². The Morgan fingerprint density at radius 2 is 1.89 bits per heavy atom. The minimum Gasteiger partial charge on any atom is -0.457 e. The van der Waals surface area contributed by atoms with Gasteiger partial charge in [0.15, 0.2) is 0 Å². The largest absolute Gasteiger partial charge is 0.457 e. The fourth-order valence-corrected chi connectivity index (χ4v) is 3.16. The molecule has 0 bridgehead atoms. The molecule has 136 valence electrons. The Labute approximate surface area is 156 Å². The second-order valence-electron chi connectivity index (χ2n) is 6.41. The lowest BCUT2D eigenvalue weighted by molar-refractivity contribution is 0.0471. The number of hydrogen-bond donors (Lipinski definition) is 0. The van der Waals surface area contributed by atoms with Gasteiger partial charge in [0.05, 0.1) is 27.9 Å². The highest BCUT2D eigenvalue weighted by molar-refractivity contribution is 5.94. The standard InChI is InChI=1S/C21H19N3O3/c1-13-18(14(2)27-23-13)12-26-21(25)16-9-10-20-19(11-16)22-15(3)24(20)17-7-5-4-6-8-17/h4-11H,12H2,1-3H3. The van der Waals surface area contributed by atoms with Gasteiger partial charge in [-0.15, -0.1) is 0 Å². The molecule has 2 heterocycles. The van der Waals surface area contributed by atoms with Crippen molar-refractivity contribution in [2.45, 2.75) is 27.4 Å². The van der Waals surface area contributed by atoms with Crippen molar-refractivity contribution in [3.05, 3.63) is 76.9 Å². The molecule has 0 N–H and O–H groups in total. The molecule has 6 heteroatoms. The molecule has 4 aromatic rings. The molecule has 0 unspecified atom stereocenters. The zero-order chi connectivity index (χ0) is 19.0. The lowest BCUT2D eigenvalue weighted by Gasteiger charge is -2.07. The van der Waals surface area contributed by atoms with E-state index in [2.05, 4.69) is 14.7 Å². The number of carbonyl (C=O) groups excluding carboxylic acids is 1. The third-order valence-corrected chi connectivity index (χ3v) is 4.60. The van der Waals surface area contributed by atoms with Crippen LogP contribution in [-0.2, 0) is 11.3 Å². The van der Waals surface area contributed by atoms with E-state index in [9.17, 15) is 4.79 Å². The topological polar surface area (TPSA) is 70.2 Å². The molecule has 0 saturated carbocycles. The second-order valence-corrected chi connectivity index (χ2v) is 6.41. The number of fused-ring (bicyclic) bond motifs is 1. The Bertz CT molecular complexity index is 1110. The molecule has 4 rings (SSSR count). The molecule has 0 fully saturated rings. The van der Waals surface area contributed by atoms with Crippen LogP contribution in [0.1, 0.15) is 33.2 Å². The summed E-state index contributed by atoms with van der Waals surface area (Å²) in [6.45, 7) is 5.71. The maximum atomic E-state index is 12.5. The molecule has 2 aromatic carbocycles. The molecule has 0 spiro atoms. The van der Waals surface area contributed by atoms with E-state index in [0.29, 0.717) is 11.3 Å². The van der Waals surface area contributed by atoms with E-state index in [1.165, 1.54) is 0 Å². The van der Waals surface area contributed by atoms with Crippen molar-refractivity contribution in [2.75, 3.05) is 0 Å². The average Bonchev–Trinajstić information content (AvgIpc) is 3.18. The molecule has 2 aromatic heterocycles. The summed E-state index contributed by atoms with van der Waals surface area (Å²) in [4.78, 5) is 17.1. The highest BCUT2D eigenvalue weighted by Gasteiger charge is 2.16. The SMILES string of the molecule is Cc1noc(C)c1COC(=O)c1ccc2c(c1)nc(C)n2-c1ccccc1. The molecular weight excluding hydrogens is 342 g/mol. The quantitative estimate of drug-likeness (QED) is 0.507. The van der Waals surface area contributed by atoms with Gasteiger partial charge >= 0.3 is 5.97 Å². The van der Waals surface area contributed by atoms with Gasteiger partial charge in [0.2, 0.25) is 0 Å². The van der Waals surface area contributed by atoms with Gasteiger partial charge in [-0.2, -0.15) is 0 Å². The van der Waals surface area contributed by atoms with Crippen LogP contribution in [0.25, 0.3) is 16.7 Å². The van der Waals surface area contributed by atoms with Crippen LogP contribution in [0.15, 0.2) is 53.1 Å². The van der Waals surface area contributed by atoms with Gasteiger partial charge in [0.25, 0.3) is 0 Å². The van der Waals surface area contributed by atoms with Gasteiger partial charge in [-0.1, -0.05) is 23.4 Å². The lowest BCUT2D eigenvalue weighted by atomic mass is 10.2. The first-order valence-corrected chi connectivity index (χ1v) is 8.68. The summed E-state index contributed by atoms with van der Waals surface area (Å²) in [5.41, 5.74) is 4.73. The van der Waals surface area contributed by atoms with Gasteiger partial charge in [0, 0.05) is 5.69 Å². The number of hydrogen-bond acceptors (Lipinski definition) is 5. The van der Waals surface area contributed by atoms with Crippen molar-refractivity contribution in [3.63, 3.8) is 0 Å². The number of rotatable bonds is 4. The van der Waals surface area contributed by atoms with Crippen LogP contribution in [0.5, 0.6) is 0 Å². The molecular formula is C21H19N3O3. The van der Waals surface area contributed by atoms with E-state index in [0.717, 1.165) is 33.8 Å². The Hall–Kier alpha value is -3.41. The van der Waals surface area contributed by atoms with Crippen molar-refractivity contribution in [1.82, 2.24) is 14.7 Å². The van der Waals surface area contributed by atoms with Gasteiger partial charge < -0.3 is 9.26 Å². The van der Waals surface area contributed by atoms with Crippen molar-refractivity contribution < 1.29 is 14.1 Å². The smallest absolute Gasteiger partial charge is 0.338 e. The van der Waals surface area contributed by atoms with E-state index in [4.69, 9.17) is 9.26 Å². The molecule has 0 aliphatic rings. The Morgan fingerprint density at radius 3 is 2.59 bits per heavy atom. The molecule has 0 saturated heterocycles. The predicted octanol–water partition coefficient (Wildman–Crippen LogP) is 4.30. The maximum Gasteiger partial charge on any atom is 0.338 e. The predicted molar refractivity (Wildman–Crippen MR) is 101 cm³/mol. The van der Waals surface area contributed by atoms with Gasteiger partial charge in [-0.3, -0.25) is 4.57 Å². The van der Waals surface area contributed by atoms with Crippen LogP contribution in [0, 0.1) is 20.8 Å². The lowest BCUT2D eigenvalue weighted by Crippen LogP contribution is -2.06. The first-order valence-electron chi connectivity index (χ1n) is 8.68. The highest BCUT2D eigenvalue weighted by atomic mass is 16.5. The van der Waals surface area contributed by atoms with Gasteiger partial charge in [-0.25, -0.2) is 9.78 Å². The number of esters is 1. The number of aryl methyl sites for hydroxylation is 3. The van der Waals surface area contributed by atoms with Crippen molar-refractivity contribution in [1.29, 1.82) is 0 Å². The van der Waals surface area contributed by atoms with Crippen molar-refractivity contribution in [2.24, 2.45) is 0 Å². The van der Waals surface area contributed by atoms with E-state index in [1.807, 2.05) is 50.2 Å². The number of ether oxygens (including phenoxy) is 1. The van der Waals surface area contributed by atoms with E-state index in [1.54, 1.807) is 19.1 Å². The Kier molecular flexibility index (Phi) is 4.24. The van der Waals surface area contributed by atoms with Crippen LogP contribution in [0.3, 0.4) is 0 Å².